The summed E-state index contributed by atoms with van der Waals surface area (Å²) in [5, 5.41) is 26.4. The third kappa shape index (κ3) is 12.5. The number of hydrogen-bond donors (Lipinski definition) is 4. The van der Waals surface area contributed by atoms with Gasteiger partial charge in [-0.3, -0.25) is 34.1 Å². The number of anilines is 1. The summed E-state index contributed by atoms with van der Waals surface area (Å²) in [6, 6.07) is 12.2. The molecule has 18 nitrogen and oxygen atoms in total. The normalized spacial score (nSPS) is 23.3. The number of hydrogen-bond acceptors (Lipinski definition) is 12. The fourth-order valence-electron chi connectivity index (χ4n) is 12.9. The Morgan fingerprint density at radius 3 is 2.24 bits per heavy atom. The lowest BCUT2D eigenvalue weighted by Gasteiger charge is -2.37. The highest BCUT2D eigenvalue weighted by molar-refractivity contribution is 5.96. The van der Waals surface area contributed by atoms with Crippen LogP contribution >= 0.6 is 0 Å². The number of aliphatic carboxylic acids is 1. The van der Waals surface area contributed by atoms with Crippen molar-refractivity contribution < 1.29 is 43.7 Å². The zero-order chi connectivity index (χ0) is 57.5. The van der Waals surface area contributed by atoms with E-state index in [-0.39, 0.29) is 37.5 Å². The van der Waals surface area contributed by atoms with Gasteiger partial charge in [-0.25, -0.2) is 10.2 Å². The lowest BCUT2D eigenvalue weighted by atomic mass is 9.84. The van der Waals surface area contributed by atoms with Crippen LogP contribution < -0.4 is 15.6 Å². The van der Waals surface area contributed by atoms with E-state index in [1.165, 1.54) is 22.8 Å². The first-order valence-corrected chi connectivity index (χ1v) is 29.3. The zero-order valence-corrected chi connectivity index (χ0v) is 49.1. The number of carbonyl (C=O) groups is 5. The maximum Gasteiger partial charge on any atom is 0.410 e. The van der Waals surface area contributed by atoms with Gasteiger partial charge in [0.05, 0.1) is 35.3 Å². The van der Waals surface area contributed by atoms with Crippen LogP contribution in [-0.2, 0) is 54.5 Å². The Bertz CT molecular complexity index is 2950. The molecular formula is C62H87N9O9. The Morgan fingerprint density at radius 2 is 1.59 bits per heavy atom. The highest BCUT2D eigenvalue weighted by atomic mass is 16.6. The number of piperazine rings is 1. The summed E-state index contributed by atoms with van der Waals surface area (Å²) in [6.07, 6.45) is 6.46. The molecule has 2 aromatic carbocycles. The van der Waals surface area contributed by atoms with Gasteiger partial charge in [0.2, 0.25) is 11.8 Å². The Hall–Kier alpha value is -6.08. The van der Waals surface area contributed by atoms with Gasteiger partial charge >= 0.3 is 12.1 Å². The fraction of sp³-hybridized carbons (Fsp3) is 0.613. The first-order valence-electron chi connectivity index (χ1n) is 29.3. The maximum atomic E-state index is 14.9. The number of methoxy groups -OCH3 is 1. The molecule has 2 bridgehead atoms. The van der Waals surface area contributed by atoms with Crippen LogP contribution in [-0.4, -0.2) is 165 Å². The van der Waals surface area contributed by atoms with Crippen LogP contribution in [0.2, 0.25) is 0 Å². The summed E-state index contributed by atoms with van der Waals surface area (Å²) >= 11 is 0. The second kappa shape index (κ2) is 23.8. The molecular weight excluding hydrogens is 1010 g/mol. The predicted molar refractivity (Wildman–Crippen MR) is 309 cm³/mol. The number of amides is 4. The number of aliphatic hydroxyl groups excluding tert-OH is 1. The van der Waals surface area contributed by atoms with E-state index in [0.29, 0.717) is 57.7 Å². The average Bonchev–Trinajstić information content (AvgIpc) is 4.13. The Morgan fingerprint density at radius 1 is 0.863 bits per heavy atom. The summed E-state index contributed by atoms with van der Waals surface area (Å²) in [4.78, 5) is 84.2. The molecule has 6 atom stereocenters. The minimum atomic E-state index is -1.13. The molecule has 5 aliphatic rings. The van der Waals surface area contributed by atoms with Crippen LogP contribution in [0, 0.1) is 17.3 Å². The van der Waals surface area contributed by atoms with Gasteiger partial charge in [0, 0.05) is 102 Å². The average molecular weight is 1100 g/mol. The number of benzene rings is 2. The van der Waals surface area contributed by atoms with Gasteiger partial charge in [-0.1, -0.05) is 52.0 Å². The third-order valence-electron chi connectivity index (χ3n) is 17.3. The monoisotopic (exact) mass is 1100 g/mol. The number of nitrogens with zero attached hydrogens (tertiary/aromatic N) is 7. The van der Waals surface area contributed by atoms with E-state index >= 15 is 0 Å². The number of rotatable bonds is 13. The molecule has 4 fully saturated rings. The van der Waals surface area contributed by atoms with E-state index in [1.54, 1.807) is 19.1 Å². The Kier molecular flexibility index (Phi) is 17.4. The molecule has 18 heteroatoms. The quantitative estimate of drug-likeness (QED) is 0.102. The number of aliphatic hydroxyl groups is 1. The summed E-state index contributed by atoms with van der Waals surface area (Å²) < 4.78 is 14.3. The molecule has 6 heterocycles. The van der Waals surface area contributed by atoms with Gasteiger partial charge in [-0.2, -0.15) is 0 Å². The van der Waals surface area contributed by atoms with Crippen molar-refractivity contribution >= 4 is 46.4 Å². The van der Waals surface area contributed by atoms with Crippen molar-refractivity contribution in [1.29, 1.82) is 0 Å². The minimum absolute atomic E-state index is 0.0332. The van der Waals surface area contributed by atoms with Crippen molar-refractivity contribution in [2.45, 2.75) is 169 Å². The molecule has 0 radical (unpaired) electrons. The second-order valence-electron chi connectivity index (χ2n) is 25.3. The van der Waals surface area contributed by atoms with Gasteiger partial charge in [0.1, 0.15) is 23.7 Å². The summed E-state index contributed by atoms with van der Waals surface area (Å²) in [7, 11) is 3.33. The number of nitrogens with one attached hydrogen (secondary N) is 2. The standard InChI is InChI=1S/C62H87N9O9/c1-12-69-52-20-16-41(32-46(52)48(34-62(8,9)36-72)55(69)47-33-44(35-63-53(47)38(4)79-11)68-26-24-67(25-27-68)43-17-18-43)42-29-39-15-19-51-45(21-23-70(51)60(78)80-61(5,6)7)57(74)66(10)54(37(2)3)56(73)64-50(31-40(28-39)30-42)58(75)71-22-13-14-49(65-71)59(76)77/h16,20,28-30,32-33,35,37-38,43,45,49-51,54,65,72H,12-15,17-19,21-27,31,34,36H2,1-11H3,(H,64,73)(H,76,77)/t38-,45-,49-,50-,51+,54-/m0/s1. The number of likely N-dealkylation sites (N-methyl/N-ethyl adjacent to an activating group) is 1. The number of aryl methyl sites for hydroxylation is 2. The molecule has 80 heavy (non-hydrogen) atoms. The topological polar surface area (TPSA) is 202 Å². The van der Waals surface area contributed by atoms with Crippen molar-refractivity contribution in [3.8, 4) is 22.4 Å². The van der Waals surface area contributed by atoms with Crippen LogP contribution in [0.1, 0.15) is 129 Å². The Balaban J connectivity index is 1.19. The first-order chi connectivity index (χ1) is 38.0. The molecule has 1 aliphatic carbocycles. The summed E-state index contributed by atoms with van der Waals surface area (Å²) in [5.41, 5.74) is 11.2. The van der Waals surface area contributed by atoms with E-state index in [4.69, 9.17) is 14.5 Å². The SMILES string of the molecule is CCn1c(-c2cc(N3CCN(C4CC4)CC3)cnc2[C@H](C)OC)c(CC(C)(C)CO)c2cc(-c3cc4cc(c3)C[C@@H](C(=O)N3CCC[C@@H](C(=O)O)N3)NC(=O)[C@H](C(C)C)N(C)C(=O)[C@H]3CCN(C(=O)OC(C)(C)C)[C@@H]3CC4)ccc21. The van der Waals surface area contributed by atoms with Gasteiger partial charge < -0.3 is 44.3 Å². The molecule has 9 rings (SSSR count). The number of fused-ring (bicyclic) bond motifs is 4. The molecule has 3 saturated heterocycles. The van der Waals surface area contributed by atoms with Gasteiger partial charge in [0.25, 0.3) is 5.91 Å². The van der Waals surface area contributed by atoms with E-state index in [1.807, 2.05) is 53.8 Å². The molecule has 2 aromatic heterocycles. The highest BCUT2D eigenvalue weighted by Gasteiger charge is 2.46. The molecule has 4 aliphatic heterocycles. The van der Waals surface area contributed by atoms with Crippen LogP contribution in [0.5, 0.6) is 0 Å². The number of hydrazine groups is 1. The van der Waals surface area contributed by atoms with Crippen molar-refractivity contribution in [3.05, 3.63) is 71.0 Å². The fourth-order valence-corrected chi connectivity index (χ4v) is 12.9. The number of carboxylic acid groups (broad SMARTS) is 1. The predicted octanol–water partition coefficient (Wildman–Crippen LogP) is 7.61. The first kappa shape index (κ1) is 58.6. The van der Waals surface area contributed by atoms with Crippen molar-refractivity contribution in [1.82, 2.24) is 40.0 Å². The molecule has 4 N–H and O–H groups in total. The van der Waals surface area contributed by atoms with E-state index in [9.17, 15) is 34.2 Å². The number of aromatic nitrogens is 2. The summed E-state index contributed by atoms with van der Waals surface area (Å²) in [5.74, 6) is -3.31. The molecule has 0 spiro atoms. The van der Waals surface area contributed by atoms with Crippen LogP contribution in [0.4, 0.5) is 10.5 Å². The van der Waals surface area contributed by atoms with Crippen molar-refractivity contribution in [3.63, 3.8) is 0 Å². The van der Waals surface area contributed by atoms with Gasteiger partial charge in [0.15, 0.2) is 0 Å². The second-order valence-corrected chi connectivity index (χ2v) is 25.3. The molecule has 0 unspecified atom stereocenters. The number of carboxylic acids is 1. The van der Waals surface area contributed by atoms with E-state index < -0.39 is 65.0 Å². The van der Waals surface area contributed by atoms with Gasteiger partial charge in [-0.15, -0.1) is 0 Å². The number of likely N-dealkylation sites (tertiary alicyclic amines) is 1. The number of pyridine rings is 1. The van der Waals surface area contributed by atoms with E-state index in [0.717, 1.165) is 87.5 Å². The minimum Gasteiger partial charge on any atom is -0.480 e. The van der Waals surface area contributed by atoms with Crippen LogP contribution in [0.3, 0.4) is 0 Å². The maximum absolute atomic E-state index is 14.9. The zero-order valence-electron chi connectivity index (χ0n) is 49.1. The van der Waals surface area contributed by atoms with E-state index in [2.05, 4.69) is 82.3 Å². The van der Waals surface area contributed by atoms with Gasteiger partial charge in [-0.05, 0) is 143 Å². The summed E-state index contributed by atoms with van der Waals surface area (Å²) in [6.45, 7) is 22.6. The lowest BCUT2D eigenvalue weighted by Crippen LogP contribution is -2.62. The lowest BCUT2D eigenvalue weighted by molar-refractivity contribution is -0.149. The molecule has 1 saturated carbocycles. The molecule has 4 amide bonds. The van der Waals surface area contributed by atoms with Crippen LogP contribution in [0.15, 0.2) is 48.7 Å². The highest BCUT2D eigenvalue weighted by Crippen LogP contribution is 2.44. The number of ether oxygens (including phenoxy) is 2. The molecule has 4 aromatic rings. The smallest absolute Gasteiger partial charge is 0.410 e. The van der Waals surface area contributed by atoms with Crippen molar-refractivity contribution in [2.75, 3.05) is 64.9 Å². The van der Waals surface area contributed by atoms with Crippen LogP contribution in [0.25, 0.3) is 33.3 Å². The largest absolute Gasteiger partial charge is 0.480 e. The third-order valence-corrected chi connectivity index (χ3v) is 17.3. The van der Waals surface area contributed by atoms with Crippen molar-refractivity contribution in [2.24, 2.45) is 17.3 Å². The molecule has 434 valence electrons. The number of carbonyl (C=O) groups excluding carboxylic acids is 4. The Labute approximate surface area is 472 Å².